The Hall–Kier alpha value is -1.97. The van der Waals surface area contributed by atoms with E-state index in [9.17, 15) is 0 Å². The van der Waals surface area contributed by atoms with Gasteiger partial charge in [0.2, 0.25) is 0 Å². The Bertz CT molecular complexity index is 482. The van der Waals surface area contributed by atoms with Crippen molar-refractivity contribution in [2.24, 2.45) is 0 Å². The standard InChI is InChI=1S/C13H14N2O2/c1-2-4-12-11(3-1)16-9-10(17-12)5-6-13-14-7-8-15-13/h1-4,7-8,10H,5-6,9H2,(H,14,15). The van der Waals surface area contributed by atoms with E-state index in [-0.39, 0.29) is 6.10 Å². The molecule has 1 aliphatic heterocycles. The van der Waals surface area contributed by atoms with E-state index in [1.54, 1.807) is 6.20 Å². The molecule has 0 saturated heterocycles. The summed E-state index contributed by atoms with van der Waals surface area (Å²) in [5.74, 6) is 2.66. The van der Waals surface area contributed by atoms with E-state index in [0.29, 0.717) is 6.61 Å². The molecule has 1 aromatic carbocycles. The van der Waals surface area contributed by atoms with E-state index < -0.39 is 0 Å². The third kappa shape index (κ3) is 2.25. The van der Waals surface area contributed by atoms with Gasteiger partial charge in [0.25, 0.3) is 0 Å². The van der Waals surface area contributed by atoms with Crippen LogP contribution < -0.4 is 9.47 Å². The van der Waals surface area contributed by atoms with Gasteiger partial charge in [-0.25, -0.2) is 4.98 Å². The second kappa shape index (κ2) is 4.49. The van der Waals surface area contributed by atoms with Gasteiger partial charge in [-0.2, -0.15) is 0 Å². The van der Waals surface area contributed by atoms with Crippen LogP contribution in [-0.4, -0.2) is 22.7 Å². The summed E-state index contributed by atoms with van der Waals surface area (Å²) in [6.45, 7) is 0.609. The highest BCUT2D eigenvalue weighted by atomic mass is 16.6. The molecule has 2 heterocycles. The first kappa shape index (κ1) is 10.2. The molecule has 1 atom stereocenters. The SMILES string of the molecule is c1ccc2c(c1)OCC(CCc1ncc[nH]1)O2. The van der Waals surface area contributed by atoms with Gasteiger partial charge in [-0.1, -0.05) is 12.1 Å². The second-order valence-electron chi connectivity index (χ2n) is 4.07. The second-order valence-corrected chi connectivity index (χ2v) is 4.07. The van der Waals surface area contributed by atoms with Crippen LogP contribution in [0.4, 0.5) is 0 Å². The molecule has 17 heavy (non-hydrogen) atoms. The van der Waals surface area contributed by atoms with Gasteiger partial charge in [0, 0.05) is 18.8 Å². The number of H-pyrrole nitrogens is 1. The number of aryl methyl sites for hydroxylation is 1. The lowest BCUT2D eigenvalue weighted by atomic mass is 10.2. The molecule has 4 heteroatoms. The first-order chi connectivity index (χ1) is 8.42. The van der Waals surface area contributed by atoms with Gasteiger partial charge in [-0.05, 0) is 18.6 Å². The molecule has 88 valence electrons. The summed E-state index contributed by atoms with van der Waals surface area (Å²) in [5.41, 5.74) is 0. The minimum atomic E-state index is 0.106. The summed E-state index contributed by atoms with van der Waals surface area (Å²) < 4.78 is 11.5. The number of nitrogens with one attached hydrogen (secondary N) is 1. The first-order valence-corrected chi connectivity index (χ1v) is 5.78. The van der Waals surface area contributed by atoms with E-state index in [4.69, 9.17) is 9.47 Å². The van der Waals surface area contributed by atoms with Crippen molar-refractivity contribution in [1.82, 2.24) is 9.97 Å². The van der Waals surface area contributed by atoms with Crippen LogP contribution in [0.2, 0.25) is 0 Å². The van der Waals surface area contributed by atoms with Crippen molar-refractivity contribution < 1.29 is 9.47 Å². The zero-order chi connectivity index (χ0) is 11.5. The molecule has 0 fully saturated rings. The molecule has 1 aromatic heterocycles. The number of aromatic nitrogens is 2. The summed E-state index contributed by atoms with van der Waals surface area (Å²) >= 11 is 0. The number of aromatic amines is 1. The molecule has 1 N–H and O–H groups in total. The Morgan fingerprint density at radius 1 is 1.29 bits per heavy atom. The van der Waals surface area contributed by atoms with Crippen molar-refractivity contribution in [3.05, 3.63) is 42.5 Å². The number of para-hydroxylation sites is 2. The maximum Gasteiger partial charge on any atom is 0.161 e. The average molecular weight is 230 g/mol. The van der Waals surface area contributed by atoms with Crippen molar-refractivity contribution in [1.29, 1.82) is 0 Å². The normalized spacial score (nSPS) is 18.0. The van der Waals surface area contributed by atoms with Crippen molar-refractivity contribution >= 4 is 0 Å². The average Bonchev–Trinajstić information content (AvgIpc) is 2.89. The minimum absolute atomic E-state index is 0.106. The van der Waals surface area contributed by atoms with Crippen LogP contribution in [0, 0.1) is 0 Å². The Labute approximate surface area is 99.6 Å². The fourth-order valence-corrected chi connectivity index (χ4v) is 1.94. The van der Waals surface area contributed by atoms with E-state index in [1.807, 2.05) is 30.5 Å². The molecule has 0 bridgehead atoms. The minimum Gasteiger partial charge on any atom is -0.486 e. The number of rotatable bonds is 3. The molecule has 0 radical (unpaired) electrons. The van der Waals surface area contributed by atoms with Gasteiger partial charge >= 0.3 is 0 Å². The van der Waals surface area contributed by atoms with Crippen LogP contribution in [0.5, 0.6) is 11.5 Å². The summed E-state index contributed by atoms with van der Waals surface area (Å²) in [5, 5.41) is 0. The predicted octanol–water partition coefficient (Wildman–Crippen LogP) is 2.18. The van der Waals surface area contributed by atoms with Gasteiger partial charge in [0.05, 0.1) is 0 Å². The molecule has 0 aliphatic carbocycles. The van der Waals surface area contributed by atoms with Crippen molar-refractivity contribution in [3.63, 3.8) is 0 Å². The Morgan fingerprint density at radius 3 is 3.00 bits per heavy atom. The van der Waals surface area contributed by atoms with E-state index >= 15 is 0 Å². The van der Waals surface area contributed by atoms with E-state index in [2.05, 4.69) is 9.97 Å². The molecule has 0 saturated carbocycles. The summed E-state index contributed by atoms with van der Waals surface area (Å²) in [6, 6.07) is 7.77. The Morgan fingerprint density at radius 2 is 2.18 bits per heavy atom. The molecule has 3 rings (SSSR count). The Balaban J connectivity index is 1.61. The highest BCUT2D eigenvalue weighted by molar-refractivity contribution is 5.40. The molecule has 0 amide bonds. The van der Waals surface area contributed by atoms with Crippen LogP contribution >= 0.6 is 0 Å². The van der Waals surface area contributed by atoms with Gasteiger partial charge in [0.15, 0.2) is 11.5 Å². The lowest BCUT2D eigenvalue weighted by Crippen LogP contribution is -2.29. The molecular weight excluding hydrogens is 216 g/mol. The molecule has 2 aromatic rings. The van der Waals surface area contributed by atoms with Crippen LogP contribution in [0.25, 0.3) is 0 Å². The third-order valence-electron chi connectivity index (χ3n) is 2.83. The highest BCUT2D eigenvalue weighted by Crippen LogP contribution is 2.31. The maximum absolute atomic E-state index is 5.86. The third-order valence-corrected chi connectivity index (χ3v) is 2.83. The highest BCUT2D eigenvalue weighted by Gasteiger charge is 2.20. The first-order valence-electron chi connectivity index (χ1n) is 5.78. The van der Waals surface area contributed by atoms with Gasteiger partial charge in [-0.3, -0.25) is 0 Å². The number of imidazole rings is 1. The summed E-state index contributed by atoms with van der Waals surface area (Å²) in [4.78, 5) is 7.28. The number of benzene rings is 1. The predicted molar refractivity (Wildman–Crippen MR) is 63.3 cm³/mol. The van der Waals surface area contributed by atoms with E-state index in [0.717, 1.165) is 30.2 Å². The molecule has 1 unspecified atom stereocenters. The number of nitrogens with zero attached hydrogens (tertiary/aromatic N) is 1. The van der Waals surface area contributed by atoms with Crippen LogP contribution in [0.3, 0.4) is 0 Å². The number of hydrogen-bond acceptors (Lipinski definition) is 3. The summed E-state index contributed by atoms with van der Waals surface area (Å²) in [6.07, 6.45) is 5.49. The topological polar surface area (TPSA) is 47.1 Å². The molecular formula is C13H14N2O2. The van der Waals surface area contributed by atoms with Gasteiger partial charge < -0.3 is 14.5 Å². The van der Waals surface area contributed by atoms with Gasteiger partial charge in [-0.15, -0.1) is 0 Å². The number of ether oxygens (including phenoxy) is 2. The molecule has 0 spiro atoms. The van der Waals surface area contributed by atoms with Crippen LogP contribution in [0.1, 0.15) is 12.2 Å². The lowest BCUT2D eigenvalue weighted by molar-refractivity contribution is 0.0848. The lowest BCUT2D eigenvalue weighted by Gasteiger charge is -2.26. The largest absolute Gasteiger partial charge is 0.486 e. The van der Waals surface area contributed by atoms with Crippen molar-refractivity contribution in [3.8, 4) is 11.5 Å². The van der Waals surface area contributed by atoms with Gasteiger partial charge in [0.1, 0.15) is 18.5 Å². The van der Waals surface area contributed by atoms with Crippen molar-refractivity contribution in [2.45, 2.75) is 18.9 Å². The fraction of sp³-hybridized carbons (Fsp3) is 0.308. The monoisotopic (exact) mass is 230 g/mol. The fourth-order valence-electron chi connectivity index (χ4n) is 1.94. The molecule has 1 aliphatic rings. The zero-order valence-electron chi connectivity index (χ0n) is 9.43. The number of fused-ring (bicyclic) bond motifs is 1. The zero-order valence-corrected chi connectivity index (χ0v) is 9.43. The van der Waals surface area contributed by atoms with Crippen LogP contribution in [0.15, 0.2) is 36.7 Å². The van der Waals surface area contributed by atoms with Crippen LogP contribution in [-0.2, 0) is 6.42 Å². The smallest absolute Gasteiger partial charge is 0.161 e. The maximum atomic E-state index is 5.86. The van der Waals surface area contributed by atoms with E-state index in [1.165, 1.54) is 0 Å². The molecule has 4 nitrogen and oxygen atoms in total. The summed E-state index contributed by atoms with van der Waals surface area (Å²) in [7, 11) is 0. The quantitative estimate of drug-likeness (QED) is 0.879. The Kier molecular flexibility index (Phi) is 2.69. The number of hydrogen-bond donors (Lipinski definition) is 1. The van der Waals surface area contributed by atoms with Crippen molar-refractivity contribution in [2.75, 3.05) is 6.61 Å².